The van der Waals surface area contributed by atoms with Gasteiger partial charge in [0, 0.05) is 11.1 Å². The molecule has 0 saturated heterocycles. The zero-order chi connectivity index (χ0) is 13.9. The molecule has 0 amide bonds. The van der Waals surface area contributed by atoms with Gasteiger partial charge in [-0.05, 0) is 42.0 Å². The van der Waals surface area contributed by atoms with E-state index >= 15 is 0 Å². The molecule has 0 unspecified atom stereocenters. The molecule has 1 aliphatic carbocycles. The molecule has 0 atom stereocenters. The molecule has 0 spiro atoms. The summed E-state index contributed by atoms with van der Waals surface area (Å²) >= 11 is 0. The summed E-state index contributed by atoms with van der Waals surface area (Å²) in [5.74, 6) is 0.186. The van der Waals surface area contributed by atoms with Gasteiger partial charge in [-0.1, -0.05) is 55.5 Å². The molecular formula is C19H18O. The zero-order valence-electron chi connectivity index (χ0n) is 11.7. The van der Waals surface area contributed by atoms with E-state index in [1.807, 2.05) is 24.3 Å². The Bertz CT molecular complexity index is 662. The molecule has 0 fully saturated rings. The van der Waals surface area contributed by atoms with Crippen molar-refractivity contribution in [3.63, 3.8) is 0 Å². The number of rotatable bonds is 2. The first-order valence-electron chi connectivity index (χ1n) is 7.20. The lowest BCUT2D eigenvalue weighted by Gasteiger charge is -2.17. The van der Waals surface area contributed by atoms with Gasteiger partial charge in [0.25, 0.3) is 0 Å². The van der Waals surface area contributed by atoms with Crippen molar-refractivity contribution in [3.8, 4) is 0 Å². The van der Waals surface area contributed by atoms with Crippen molar-refractivity contribution in [3.05, 3.63) is 76.4 Å². The van der Waals surface area contributed by atoms with Gasteiger partial charge in [-0.2, -0.15) is 0 Å². The quantitative estimate of drug-likeness (QED) is 0.730. The normalized spacial score (nSPS) is 16.2. The lowest BCUT2D eigenvalue weighted by Crippen LogP contribution is -2.13. The molecule has 1 nitrogen and oxygen atoms in total. The van der Waals surface area contributed by atoms with Crippen molar-refractivity contribution >= 4 is 11.9 Å². The van der Waals surface area contributed by atoms with Gasteiger partial charge in [-0.25, -0.2) is 0 Å². The Morgan fingerprint density at radius 1 is 1.00 bits per heavy atom. The molecule has 2 aromatic carbocycles. The Balaban J connectivity index is 1.91. The number of aryl methyl sites for hydroxylation is 2. The van der Waals surface area contributed by atoms with Crippen LogP contribution < -0.4 is 0 Å². The number of benzene rings is 2. The SMILES string of the molecule is CCc1ccc(C=C2CCc3ccccc3C2=O)cc1. The highest BCUT2D eigenvalue weighted by Crippen LogP contribution is 2.26. The van der Waals surface area contributed by atoms with Gasteiger partial charge in [0.15, 0.2) is 5.78 Å². The average molecular weight is 262 g/mol. The molecule has 1 aliphatic rings. The summed E-state index contributed by atoms with van der Waals surface area (Å²) in [4.78, 5) is 12.5. The molecule has 0 aliphatic heterocycles. The fraction of sp³-hybridized carbons (Fsp3) is 0.211. The van der Waals surface area contributed by atoms with E-state index in [0.717, 1.165) is 36.0 Å². The lowest BCUT2D eigenvalue weighted by molar-refractivity contribution is 0.102. The molecule has 0 heterocycles. The van der Waals surface area contributed by atoms with E-state index in [9.17, 15) is 4.79 Å². The van der Waals surface area contributed by atoms with Gasteiger partial charge in [0.2, 0.25) is 0 Å². The van der Waals surface area contributed by atoms with Crippen molar-refractivity contribution in [1.29, 1.82) is 0 Å². The van der Waals surface area contributed by atoms with E-state index in [-0.39, 0.29) is 5.78 Å². The Morgan fingerprint density at radius 2 is 1.75 bits per heavy atom. The number of Topliss-reactive ketones (excluding diaryl/α,β-unsaturated/α-hetero) is 1. The third-order valence-electron chi connectivity index (χ3n) is 3.95. The van der Waals surface area contributed by atoms with Gasteiger partial charge >= 0.3 is 0 Å². The van der Waals surface area contributed by atoms with Crippen LogP contribution in [-0.4, -0.2) is 5.78 Å². The number of hydrogen-bond acceptors (Lipinski definition) is 1. The minimum atomic E-state index is 0.186. The van der Waals surface area contributed by atoms with Crippen molar-refractivity contribution in [2.45, 2.75) is 26.2 Å². The molecule has 0 N–H and O–H groups in total. The maximum Gasteiger partial charge on any atom is 0.189 e. The lowest BCUT2D eigenvalue weighted by atomic mass is 9.86. The molecule has 1 heteroatoms. The highest BCUT2D eigenvalue weighted by atomic mass is 16.1. The van der Waals surface area contributed by atoms with Crippen LogP contribution in [0.1, 0.15) is 40.4 Å². The van der Waals surface area contributed by atoms with Crippen LogP contribution in [0.4, 0.5) is 0 Å². The molecule has 100 valence electrons. The standard InChI is InChI=1S/C19H18O/c1-2-14-7-9-15(10-8-14)13-17-12-11-16-5-3-4-6-18(16)19(17)20/h3-10,13H,2,11-12H2,1H3. The van der Waals surface area contributed by atoms with Crippen molar-refractivity contribution in [1.82, 2.24) is 0 Å². The van der Waals surface area contributed by atoms with Crippen molar-refractivity contribution in [2.75, 3.05) is 0 Å². The molecule has 0 radical (unpaired) electrons. The first kappa shape index (κ1) is 12.9. The summed E-state index contributed by atoms with van der Waals surface area (Å²) in [5.41, 5.74) is 5.41. The average Bonchev–Trinajstić information content (AvgIpc) is 2.51. The number of carbonyl (C=O) groups excluding carboxylic acids is 1. The fourth-order valence-corrected chi connectivity index (χ4v) is 2.70. The molecule has 0 bridgehead atoms. The summed E-state index contributed by atoms with van der Waals surface area (Å²) < 4.78 is 0. The monoisotopic (exact) mass is 262 g/mol. The van der Waals surface area contributed by atoms with Gasteiger partial charge in [-0.15, -0.1) is 0 Å². The van der Waals surface area contributed by atoms with Crippen LogP contribution in [0.25, 0.3) is 6.08 Å². The van der Waals surface area contributed by atoms with Crippen molar-refractivity contribution in [2.24, 2.45) is 0 Å². The Kier molecular flexibility index (Phi) is 3.51. The minimum Gasteiger partial charge on any atom is -0.289 e. The summed E-state index contributed by atoms with van der Waals surface area (Å²) in [7, 11) is 0. The van der Waals surface area contributed by atoms with Gasteiger partial charge in [0.05, 0.1) is 0 Å². The molecule has 3 rings (SSSR count). The topological polar surface area (TPSA) is 17.1 Å². The van der Waals surface area contributed by atoms with Gasteiger partial charge < -0.3 is 0 Å². The Morgan fingerprint density at radius 3 is 2.50 bits per heavy atom. The van der Waals surface area contributed by atoms with E-state index in [2.05, 4.69) is 37.3 Å². The Labute approximate surface area is 120 Å². The largest absolute Gasteiger partial charge is 0.289 e. The van der Waals surface area contributed by atoms with Crippen LogP contribution in [-0.2, 0) is 12.8 Å². The minimum absolute atomic E-state index is 0.186. The van der Waals surface area contributed by atoms with Crippen LogP contribution in [0.3, 0.4) is 0 Å². The van der Waals surface area contributed by atoms with E-state index in [1.54, 1.807) is 0 Å². The molecule has 0 saturated carbocycles. The number of hydrogen-bond donors (Lipinski definition) is 0. The fourth-order valence-electron chi connectivity index (χ4n) is 2.70. The Hall–Kier alpha value is -2.15. The second-order valence-electron chi connectivity index (χ2n) is 5.25. The third-order valence-corrected chi connectivity index (χ3v) is 3.95. The second-order valence-corrected chi connectivity index (χ2v) is 5.25. The number of fused-ring (bicyclic) bond motifs is 1. The van der Waals surface area contributed by atoms with Gasteiger partial charge in [0.1, 0.15) is 0 Å². The maximum atomic E-state index is 12.5. The second kappa shape index (κ2) is 5.46. The summed E-state index contributed by atoms with van der Waals surface area (Å²) in [5, 5.41) is 0. The molecule has 20 heavy (non-hydrogen) atoms. The summed E-state index contributed by atoms with van der Waals surface area (Å²) in [6.45, 7) is 2.15. The van der Waals surface area contributed by atoms with Crippen LogP contribution in [0.2, 0.25) is 0 Å². The molecule has 0 aromatic heterocycles. The van der Waals surface area contributed by atoms with Crippen LogP contribution >= 0.6 is 0 Å². The summed E-state index contributed by atoms with van der Waals surface area (Å²) in [6.07, 6.45) is 4.88. The van der Waals surface area contributed by atoms with E-state index in [4.69, 9.17) is 0 Å². The zero-order valence-corrected chi connectivity index (χ0v) is 11.7. The van der Waals surface area contributed by atoms with Gasteiger partial charge in [-0.3, -0.25) is 4.79 Å². The van der Waals surface area contributed by atoms with Crippen molar-refractivity contribution < 1.29 is 4.79 Å². The van der Waals surface area contributed by atoms with Crippen LogP contribution in [0.5, 0.6) is 0 Å². The summed E-state index contributed by atoms with van der Waals surface area (Å²) in [6, 6.07) is 16.4. The van der Waals surface area contributed by atoms with E-state index in [1.165, 1.54) is 11.1 Å². The number of ketones is 1. The highest BCUT2D eigenvalue weighted by molar-refractivity contribution is 6.13. The van der Waals surface area contributed by atoms with Crippen LogP contribution in [0, 0.1) is 0 Å². The predicted octanol–water partition coefficient (Wildman–Crippen LogP) is 4.46. The highest BCUT2D eigenvalue weighted by Gasteiger charge is 2.20. The number of allylic oxidation sites excluding steroid dienone is 1. The third kappa shape index (κ3) is 2.44. The molecular weight excluding hydrogens is 244 g/mol. The van der Waals surface area contributed by atoms with E-state index in [0.29, 0.717) is 0 Å². The maximum absolute atomic E-state index is 12.5. The smallest absolute Gasteiger partial charge is 0.189 e. The molecule has 2 aromatic rings. The first-order valence-corrected chi connectivity index (χ1v) is 7.20. The van der Waals surface area contributed by atoms with E-state index < -0.39 is 0 Å². The number of carbonyl (C=O) groups is 1. The first-order chi connectivity index (χ1) is 9.78. The predicted molar refractivity (Wildman–Crippen MR) is 82.9 cm³/mol. The van der Waals surface area contributed by atoms with Crippen LogP contribution in [0.15, 0.2) is 54.1 Å².